The van der Waals surface area contributed by atoms with Gasteiger partial charge in [0, 0.05) is 6.61 Å². The first-order valence-electron chi connectivity index (χ1n) is 4.58. The zero-order chi connectivity index (χ0) is 9.36. The van der Waals surface area contributed by atoms with Crippen LogP contribution in [-0.4, -0.2) is 35.9 Å². The van der Waals surface area contributed by atoms with E-state index in [1.54, 1.807) is 0 Å². The van der Waals surface area contributed by atoms with Crippen LogP contribution in [0.2, 0.25) is 0 Å². The summed E-state index contributed by atoms with van der Waals surface area (Å²) in [5, 5.41) is 10.3. The summed E-state index contributed by atoms with van der Waals surface area (Å²) in [6, 6.07) is 12.5. The Balaban J connectivity index is 0.000000227. The summed E-state index contributed by atoms with van der Waals surface area (Å²) in [6.45, 7) is 0.675. The second kappa shape index (κ2) is 9.46. The minimum absolute atomic E-state index is 0. The summed E-state index contributed by atoms with van der Waals surface area (Å²) in [4.78, 5) is 0. The average molecular weight is 203 g/mol. The van der Waals surface area contributed by atoms with Gasteiger partial charge in [-0.25, -0.2) is 0 Å². The molecular weight excluding hydrogens is 188 g/mol. The van der Waals surface area contributed by atoms with Gasteiger partial charge in [-0.1, -0.05) is 0 Å². The van der Waals surface area contributed by atoms with Gasteiger partial charge in [0.25, 0.3) is 0 Å². The predicted octanol–water partition coefficient (Wildman–Crippen LogP) is 0.979. The minimum Gasteiger partial charge on any atom is -0.831 e. The Kier molecular flexibility index (Phi) is 9.40. The molecule has 1 aliphatic heterocycles. The summed E-state index contributed by atoms with van der Waals surface area (Å²) >= 11 is 0. The summed E-state index contributed by atoms with van der Waals surface area (Å²) in [5.74, 6) is 0. The van der Waals surface area contributed by atoms with Crippen molar-refractivity contribution in [2.75, 3.05) is 6.61 Å². The van der Waals surface area contributed by atoms with Crippen LogP contribution < -0.4 is 5.11 Å². The van der Waals surface area contributed by atoms with Crippen LogP contribution in [-0.2, 0) is 4.74 Å². The Morgan fingerprint density at radius 2 is 1.86 bits per heavy atom. The molecule has 0 saturated carbocycles. The van der Waals surface area contributed by atoms with Crippen LogP contribution >= 0.6 is 0 Å². The Morgan fingerprint density at radius 1 is 1.14 bits per heavy atom. The second-order valence-electron chi connectivity index (χ2n) is 2.87. The van der Waals surface area contributed by atoms with E-state index in [0.717, 1.165) is 12.8 Å². The molecule has 1 saturated heterocycles. The molecule has 2 nitrogen and oxygen atoms in total. The molecule has 0 N–H and O–H groups in total. The van der Waals surface area contributed by atoms with Crippen LogP contribution in [0.15, 0.2) is 30.3 Å². The Labute approximate surface area is 101 Å². The maximum atomic E-state index is 10.3. The van der Waals surface area contributed by atoms with Crippen LogP contribution in [0.1, 0.15) is 19.3 Å². The van der Waals surface area contributed by atoms with Crippen LogP contribution in [0.4, 0.5) is 0 Å². The van der Waals surface area contributed by atoms with E-state index >= 15 is 0 Å². The zero-order valence-electron chi connectivity index (χ0n) is 8.32. The van der Waals surface area contributed by atoms with E-state index in [4.69, 9.17) is 4.74 Å². The molecule has 0 aliphatic carbocycles. The fourth-order valence-electron chi connectivity index (χ4n) is 1.05. The molecule has 1 aromatic carbocycles. The Morgan fingerprint density at radius 3 is 2.07 bits per heavy atom. The summed E-state index contributed by atoms with van der Waals surface area (Å²) < 4.78 is 4.72. The number of benzene rings is 1. The van der Waals surface area contributed by atoms with Gasteiger partial charge in [-0.15, -0.1) is 0 Å². The third-order valence-electron chi connectivity index (χ3n) is 1.75. The standard InChI is InChI=1S/C6H5.C5H9O2.Mg/c1-2-4-6-5-3-1;6-5-3-1-2-4-7-5;/h1-5H;5H,1-4H2;/q2*-1;+2. The first kappa shape index (κ1) is 13.9. The molecule has 2 rings (SSSR count). The van der Waals surface area contributed by atoms with Crippen molar-refractivity contribution in [1.82, 2.24) is 0 Å². The summed E-state index contributed by atoms with van der Waals surface area (Å²) in [7, 11) is 0. The first-order valence-corrected chi connectivity index (χ1v) is 4.58. The normalized spacial score (nSPS) is 19.9. The summed E-state index contributed by atoms with van der Waals surface area (Å²) in [6.07, 6.45) is 2.11. The van der Waals surface area contributed by atoms with E-state index in [1.807, 2.05) is 30.3 Å². The van der Waals surface area contributed by atoms with Crippen LogP contribution in [0.5, 0.6) is 0 Å². The van der Waals surface area contributed by atoms with E-state index in [1.165, 1.54) is 0 Å². The van der Waals surface area contributed by atoms with Crippen molar-refractivity contribution >= 4 is 23.1 Å². The second-order valence-corrected chi connectivity index (χ2v) is 2.87. The monoisotopic (exact) mass is 202 g/mol. The number of hydrogen-bond donors (Lipinski definition) is 0. The van der Waals surface area contributed by atoms with Gasteiger partial charge >= 0.3 is 23.1 Å². The fraction of sp³-hybridized carbons (Fsp3) is 0.455. The van der Waals surface area contributed by atoms with Gasteiger partial charge in [0.05, 0.1) is 0 Å². The van der Waals surface area contributed by atoms with Crippen molar-refractivity contribution in [3.05, 3.63) is 36.4 Å². The van der Waals surface area contributed by atoms with Crippen molar-refractivity contribution in [3.8, 4) is 0 Å². The molecule has 72 valence electrons. The molecule has 0 spiro atoms. The zero-order valence-corrected chi connectivity index (χ0v) is 9.73. The van der Waals surface area contributed by atoms with Crippen LogP contribution in [0.25, 0.3) is 0 Å². The van der Waals surface area contributed by atoms with E-state index < -0.39 is 6.29 Å². The third kappa shape index (κ3) is 7.32. The van der Waals surface area contributed by atoms with Gasteiger partial charge in [-0.2, -0.15) is 36.4 Å². The molecule has 1 fully saturated rings. The predicted molar refractivity (Wildman–Crippen MR) is 54.6 cm³/mol. The van der Waals surface area contributed by atoms with Gasteiger partial charge in [-0.05, 0) is 25.6 Å². The smallest absolute Gasteiger partial charge is 0.831 e. The van der Waals surface area contributed by atoms with E-state index in [9.17, 15) is 5.11 Å². The average Bonchev–Trinajstić information content (AvgIpc) is 2.22. The molecule has 1 heterocycles. The number of ether oxygens (including phenoxy) is 1. The van der Waals surface area contributed by atoms with Crippen molar-refractivity contribution in [3.63, 3.8) is 0 Å². The third-order valence-corrected chi connectivity index (χ3v) is 1.75. The molecule has 1 aromatic rings. The molecule has 1 atom stereocenters. The summed E-state index contributed by atoms with van der Waals surface area (Å²) in [5.41, 5.74) is 0. The van der Waals surface area contributed by atoms with E-state index in [-0.39, 0.29) is 23.1 Å². The SMILES string of the molecule is [Mg+2].[O-]C1CCCCO1.[c-]1ccccc1. The Bertz CT molecular complexity index is 171. The molecule has 1 aliphatic rings. The van der Waals surface area contributed by atoms with Gasteiger partial charge in [0.15, 0.2) is 0 Å². The number of hydrogen-bond acceptors (Lipinski definition) is 2. The maximum absolute atomic E-state index is 10.3. The molecule has 0 amide bonds. The van der Waals surface area contributed by atoms with Crippen LogP contribution in [0.3, 0.4) is 0 Å². The van der Waals surface area contributed by atoms with Gasteiger partial charge in [0.2, 0.25) is 0 Å². The maximum Gasteiger partial charge on any atom is 2.00 e. The molecule has 0 radical (unpaired) electrons. The van der Waals surface area contributed by atoms with Crippen molar-refractivity contribution in [2.24, 2.45) is 0 Å². The fourth-order valence-corrected chi connectivity index (χ4v) is 1.05. The Hall–Kier alpha value is -0.0938. The first-order chi connectivity index (χ1) is 6.39. The van der Waals surface area contributed by atoms with Crippen molar-refractivity contribution in [2.45, 2.75) is 25.6 Å². The topological polar surface area (TPSA) is 32.3 Å². The van der Waals surface area contributed by atoms with Gasteiger partial charge in [-0.3, -0.25) is 0 Å². The molecule has 0 aromatic heterocycles. The van der Waals surface area contributed by atoms with E-state index in [0.29, 0.717) is 13.0 Å². The molecular formula is C11H14MgO2. The molecule has 0 bridgehead atoms. The largest absolute Gasteiger partial charge is 2.00 e. The quantitative estimate of drug-likeness (QED) is 0.464. The van der Waals surface area contributed by atoms with E-state index in [2.05, 4.69) is 6.07 Å². The number of rotatable bonds is 0. The molecule has 1 unspecified atom stereocenters. The van der Waals surface area contributed by atoms with Gasteiger partial charge < -0.3 is 9.84 Å². The van der Waals surface area contributed by atoms with Crippen LogP contribution in [0, 0.1) is 6.07 Å². The molecule has 14 heavy (non-hydrogen) atoms. The van der Waals surface area contributed by atoms with Crippen molar-refractivity contribution < 1.29 is 9.84 Å². The van der Waals surface area contributed by atoms with Crippen molar-refractivity contribution in [1.29, 1.82) is 0 Å². The van der Waals surface area contributed by atoms with Gasteiger partial charge in [0.1, 0.15) is 0 Å². The molecule has 3 heteroatoms. The minimum atomic E-state index is -0.714.